The Morgan fingerprint density at radius 3 is 2.78 bits per heavy atom. The van der Waals surface area contributed by atoms with Crippen molar-refractivity contribution in [2.24, 2.45) is 0 Å². The maximum atomic E-state index is 11.2. The Morgan fingerprint density at radius 1 is 1.30 bits per heavy atom. The van der Waals surface area contributed by atoms with Gasteiger partial charge in [-0.2, -0.15) is 0 Å². The summed E-state index contributed by atoms with van der Waals surface area (Å²) in [6.45, 7) is 2.69. The van der Waals surface area contributed by atoms with Gasteiger partial charge in [-0.15, -0.1) is 11.8 Å². The number of aryl methyl sites for hydroxylation is 1. The first-order valence-electron chi connectivity index (χ1n) is 8.35. The molecule has 0 aliphatic carbocycles. The van der Waals surface area contributed by atoms with Crippen molar-refractivity contribution in [3.63, 3.8) is 0 Å². The predicted molar refractivity (Wildman–Crippen MR) is 111 cm³/mol. The van der Waals surface area contributed by atoms with Crippen molar-refractivity contribution in [1.29, 1.82) is 0 Å². The lowest BCUT2D eigenvalue weighted by molar-refractivity contribution is -0.138. The van der Waals surface area contributed by atoms with Crippen molar-refractivity contribution < 1.29 is 19.4 Å². The Bertz CT molecular complexity index is 835. The highest BCUT2D eigenvalue weighted by molar-refractivity contribution is 9.10. The summed E-state index contributed by atoms with van der Waals surface area (Å²) < 4.78 is 12.5. The number of hydrogen-bond donors (Lipinski definition) is 2. The predicted octanol–water partition coefficient (Wildman–Crippen LogP) is 4.66. The molecule has 2 atom stereocenters. The summed E-state index contributed by atoms with van der Waals surface area (Å²) >= 11 is 11.0. The molecule has 0 saturated carbocycles. The number of thioether (sulfide) groups is 1. The second kappa shape index (κ2) is 9.19. The van der Waals surface area contributed by atoms with E-state index >= 15 is 0 Å². The molecule has 0 bridgehead atoms. The first kappa shape index (κ1) is 20.3. The molecule has 0 amide bonds. The van der Waals surface area contributed by atoms with Crippen LogP contribution in [0.15, 0.2) is 40.9 Å². The van der Waals surface area contributed by atoms with Gasteiger partial charge in [-0.3, -0.25) is 10.1 Å². The smallest absolute Gasteiger partial charge is 0.321 e. The number of carboxylic acid groups (broad SMARTS) is 1. The van der Waals surface area contributed by atoms with E-state index in [0.29, 0.717) is 29.7 Å². The van der Waals surface area contributed by atoms with Gasteiger partial charge in [-0.25, -0.2) is 0 Å². The normalized spacial score (nSPS) is 19.1. The minimum absolute atomic E-state index is 0.126. The number of benzene rings is 2. The molecule has 0 spiro atoms. The lowest BCUT2D eigenvalue weighted by Gasteiger charge is -2.17. The number of ether oxygens (including phenoxy) is 2. The molecule has 1 aliphatic rings. The van der Waals surface area contributed by atoms with E-state index in [1.54, 1.807) is 11.8 Å². The van der Waals surface area contributed by atoms with Gasteiger partial charge in [-0.05, 0) is 48.9 Å². The molecule has 27 heavy (non-hydrogen) atoms. The Hall–Kier alpha value is -1.41. The van der Waals surface area contributed by atoms with Crippen molar-refractivity contribution >= 4 is 45.3 Å². The minimum atomic E-state index is -0.839. The van der Waals surface area contributed by atoms with E-state index in [1.165, 1.54) is 0 Å². The van der Waals surface area contributed by atoms with E-state index in [4.69, 9.17) is 21.1 Å². The number of rotatable bonds is 7. The first-order chi connectivity index (χ1) is 12.9. The quantitative estimate of drug-likeness (QED) is 0.572. The topological polar surface area (TPSA) is 67.8 Å². The van der Waals surface area contributed by atoms with Crippen LogP contribution in [0, 0.1) is 6.92 Å². The van der Waals surface area contributed by atoms with Gasteiger partial charge in [0, 0.05) is 20.8 Å². The van der Waals surface area contributed by atoms with Crippen LogP contribution in [0.2, 0.25) is 5.02 Å². The van der Waals surface area contributed by atoms with Crippen LogP contribution in [-0.2, 0) is 4.79 Å². The van der Waals surface area contributed by atoms with Crippen LogP contribution in [-0.4, -0.2) is 36.1 Å². The average Bonchev–Trinajstić information content (AvgIpc) is 3.13. The second-order valence-electron chi connectivity index (χ2n) is 6.06. The fourth-order valence-electron chi connectivity index (χ4n) is 2.67. The molecule has 0 aromatic heterocycles. The summed E-state index contributed by atoms with van der Waals surface area (Å²) in [5, 5.41) is 12.9. The minimum Gasteiger partial charge on any atom is -0.490 e. The van der Waals surface area contributed by atoms with E-state index in [-0.39, 0.29) is 5.37 Å². The summed E-state index contributed by atoms with van der Waals surface area (Å²) in [7, 11) is 0. The second-order valence-corrected chi connectivity index (χ2v) is 8.52. The number of hydrogen-bond acceptors (Lipinski definition) is 5. The van der Waals surface area contributed by atoms with Crippen LogP contribution >= 0.6 is 39.3 Å². The summed E-state index contributed by atoms with van der Waals surface area (Å²) in [5.41, 5.74) is 1.88. The number of aliphatic carboxylic acids is 1. The summed E-state index contributed by atoms with van der Waals surface area (Å²) in [4.78, 5) is 11.2. The third-order valence-electron chi connectivity index (χ3n) is 4.07. The largest absolute Gasteiger partial charge is 0.490 e. The SMILES string of the molecule is Cc1cc(OCCOc2ccc(Br)cc2C2NC(C(=O)O)CS2)ccc1Cl. The monoisotopic (exact) mass is 471 g/mol. The molecule has 0 radical (unpaired) electrons. The van der Waals surface area contributed by atoms with Crippen molar-refractivity contribution in [1.82, 2.24) is 5.32 Å². The molecule has 2 aromatic rings. The molecule has 2 unspecified atom stereocenters. The average molecular weight is 473 g/mol. The van der Waals surface area contributed by atoms with Gasteiger partial charge < -0.3 is 14.6 Å². The van der Waals surface area contributed by atoms with E-state index in [2.05, 4.69) is 21.2 Å². The fraction of sp³-hybridized carbons (Fsp3) is 0.316. The van der Waals surface area contributed by atoms with Gasteiger partial charge in [-0.1, -0.05) is 27.5 Å². The molecular formula is C19H19BrClNO4S. The number of carboxylic acids is 1. The van der Waals surface area contributed by atoms with E-state index in [9.17, 15) is 9.90 Å². The van der Waals surface area contributed by atoms with Crippen LogP contribution in [0.1, 0.15) is 16.5 Å². The van der Waals surface area contributed by atoms with Gasteiger partial charge in [0.05, 0.1) is 5.37 Å². The maximum Gasteiger partial charge on any atom is 0.321 e. The highest BCUT2D eigenvalue weighted by Gasteiger charge is 2.32. The van der Waals surface area contributed by atoms with Gasteiger partial charge in [0.15, 0.2) is 0 Å². The Morgan fingerprint density at radius 2 is 2.07 bits per heavy atom. The Balaban J connectivity index is 1.60. The Kier molecular flexibility index (Phi) is 6.92. The summed E-state index contributed by atoms with van der Waals surface area (Å²) in [6.07, 6.45) is 0. The van der Waals surface area contributed by atoms with E-state index in [1.807, 2.05) is 43.3 Å². The molecule has 1 saturated heterocycles. The standard InChI is InChI=1S/C19H19BrClNO4S/c1-11-8-13(3-4-15(11)21)25-6-7-26-17-5-2-12(20)9-14(17)18-22-16(10-27-18)19(23)24/h2-5,8-9,16,18,22H,6-7,10H2,1H3,(H,23,24). The third kappa shape index (κ3) is 5.31. The highest BCUT2D eigenvalue weighted by atomic mass is 79.9. The van der Waals surface area contributed by atoms with E-state index < -0.39 is 12.0 Å². The zero-order chi connectivity index (χ0) is 19.4. The van der Waals surface area contributed by atoms with Gasteiger partial charge in [0.25, 0.3) is 0 Å². The van der Waals surface area contributed by atoms with Gasteiger partial charge in [0.1, 0.15) is 30.8 Å². The molecule has 2 aromatic carbocycles. The molecule has 144 valence electrons. The number of halogens is 2. The summed E-state index contributed by atoms with van der Waals surface area (Å²) in [6, 6.07) is 10.7. The van der Waals surface area contributed by atoms with Crippen LogP contribution in [0.25, 0.3) is 0 Å². The van der Waals surface area contributed by atoms with Crippen LogP contribution in [0.5, 0.6) is 11.5 Å². The molecule has 2 N–H and O–H groups in total. The molecule has 1 fully saturated rings. The van der Waals surface area contributed by atoms with Crippen molar-refractivity contribution in [2.75, 3.05) is 19.0 Å². The van der Waals surface area contributed by atoms with Crippen molar-refractivity contribution in [2.45, 2.75) is 18.3 Å². The van der Waals surface area contributed by atoms with Gasteiger partial charge >= 0.3 is 5.97 Å². The molecule has 3 rings (SSSR count). The molecule has 1 heterocycles. The Labute approximate surface area is 175 Å². The first-order valence-corrected chi connectivity index (χ1v) is 10.6. The molecule has 1 aliphatic heterocycles. The number of carbonyl (C=O) groups is 1. The van der Waals surface area contributed by atoms with Gasteiger partial charge in [0.2, 0.25) is 0 Å². The van der Waals surface area contributed by atoms with Crippen molar-refractivity contribution in [3.8, 4) is 11.5 Å². The molecule has 8 heteroatoms. The lowest BCUT2D eigenvalue weighted by Crippen LogP contribution is -2.33. The van der Waals surface area contributed by atoms with Crippen molar-refractivity contribution in [3.05, 3.63) is 57.0 Å². The zero-order valence-electron chi connectivity index (χ0n) is 14.6. The molecule has 5 nitrogen and oxygen atoms in total. The van der Waals surface area contributed by atoms with E-state index in [0.717, 1.165) is 21.3 Å². The molecular weight excluding hydrogens is 454 g/mol. The number of nitrogens with one attached hydrogen (secondary N) is 1. The van der Waals surface area contributed by atoms with Crippen LogP contribution < -0.4 is 14.8 Å². The van der Waals surface area contributed by atoms with Crippen LogP contribution in [0.3, 0.4) is 0 Å². The lowest BCUT2D eigenvalue weighted by atomic mass is 10.2. The zero-order valence-corrected chi connectivity index (χ0v) is 17.7. The summed E-state index contributed by atoms with van der Waals surface area (Å²) in [5.74, 6) is 1.14. The maximum absolute atomic E-state index is 11.2. The van der Waals surface area contributed by atoms with Crippen LogP contribution in [0.4, 0.5) is 0 Å². The fourth-order valence-corrected chi connectivity index (χ4v) is 4.41. The third-order valence-corrected chi connectivity index (χ3v) is 6.24. The highest BCUT2D eigenvalue weighted by Crippen LogP contribution is 2.39.